The first-order valence-electron chi connectivity index (χ1n) is 6.52. The number of ether oxygens (including phenoxy) is 1. The lowest BCUT2D eigenvalue weighted by Crippen LogP contribution is -2.00. The fourth-order valence-electron chi connectivity index (χ4n) is 2.17. The lowest BCUT2D eigenvalue weighted by atomic mass is 10.1. The summed E-state index contributed by atoms with van der Waals surface area (Å²) < 4.78 is 5.69. The van der Waals surface area contributed by atoms with Crippen molar-refractivity contribution >= 4 is 29.1 Å². The number of aromatic carboxylic acids is 1. The summed E-state index contributed by atoms with van der Waals surface area (Å²) in [5.74, 6) is -0.435. The highest BCUT2D eigenvalue weighted by atomic mass is 35.5. The zero-order chi connectivity index (χ0) is 14.7. The van der Waals surface area contributed by atoms with E-state index in [0.717, 1.165) is 16.3 Å². The van der Waals surface area contributed by atoms with Gasteiger partial charge in [0.25, 0.3) is 0 Å². The van der Waals surface area contributed by atoms with Crippen molar-refractivity contribution in [1.29, 1.82) is 0 Å². The minimum Gasteiger partial charge on any atom is -0.489 e. The van der Waals surface area contributed by atoms with Gasteiger partial charge in [0.15, 0.2) is 0 Å². The topological polar surface area (TPSA) is 59.4 Å². The van der Waals surface area contributed by atoms with E-state index >= 15 is 0 Å². The van der Waals surface area contributed by atoms with Crippen molar-refractivity contribution in [2.75, 3.05) is 0 Å². The zero-order valence-electron chi connectivity index (χ0n) is 11.6. The monoisotopic (exact) mass is 315 g/mol. The molecule has 5 heteroatoms. The van der Waals surface area contributed by atoms with Crippen LogP contribution in [0.1, 0.15) is 15.9 Å². The molecule has 0 atom stereocenters. The summed E-state index contributed by atoms with van der Waals surface area (Å²) in [6, 6.07) is 14.4. The zero-order valence-corrected chi connectivity index (χ0v) is 12.4. The van der Waals surface area contributed by atoms with Crippen molar-refractivity contribution < 1.29 is 14.6 Å². The van der Waals surface area contributed by atoms with Crippen molar-refractivity contribution in [3.05, 3.63) is 72.1 Å². The highest BCUT2D eigenvalue weighted by Crippen LogP contribution is 2.20. The van der Waals surface area contributed by atoms with Crippen LogP contribution in [0.15, 0.2) is 60.9 Å². The Labute approximate surface area is 133 Å². The van der Waals surface area contributed by atoms with Crippen molar-refractivity contribution in [1.82, 2.24) is 4.98 Å². The van der Waals surface area contributed by atoms with Crippen molar-refractivity contribution in [3.8, 4) is 5.75 Å². The molecule has 0 unspecified atom stereocenters. The predicted molar refractivity (Wildman–Crippen MR) is 86.7 cm³/mol. The molecule has 0 saturated heterocycles. The number of carboxylic acid groups (broad SMARTS) is 1. The fraction of sp³-hybridized carbons (Fsp3) is 0.0588. The molecule has 1 aromatic heterocycles. The van der Waals surface area contributed by atoms with Gasteiger partial charge < -0.3 is 9.84 Å². The highest BCUT2D eigenvalue weighted by Gasteiger charge is 2.05. The van der Waals surface area contributed by atoms with E-state index in [1.54, 1.807) is 18.3 Å². The first-order chi connectivity index (χ1) is 10.2. The molecule has 0 saturated carbocycles. The number of hydrogen-bond donors (Lipinski definition) is 1. The Bertz CT molecular complexity index is 799. The van der Waals surface area contributed by atoms with E-state index in [9.17, 15) is 4.79 Å². The summed E-state index contributed by atoms with van der Waals surface area (Å²) in [6.07, 6.45) is 3.58. The van der Waals surface area contributed by atoms with Crippen LogP contribution in [0.3, 0.4) is 0 Å². The number of fused-ring (bicyclic) bond motifs is 1. The van der Waals surface area contributed by atoms with Gasteiger partial charge in [0.1, 0.15) is 12.4 Å². The van der Waals surface area contributed by atoms with Crippen LogP contribution in [0.25, 0.3) is 10.8 Å². The molecule has 112 valence electrons. The molecule has 3 rings (SSSR count). The molecule has 0 aliphatic carbocycles. The average molecular weight is 316 g/mol. The van der Waals surface area contributed by atoms with Crippen LogP contribution >= 0.6 is 12.4 Å². The molecular formula is C17H14ClNO3. The second-order valence-electron chi connectivity index (χ2n) is 4.64. The summed E-state index contributed by atoms with van der Waals surface area (Å²) in [6.45, 7) is 0.345. The van der Waals surface area contributed by atoms with Gasteiger partial charge in [-0.2, -0.15) is 0 Å². The van der Waals surface area contributed by atoms with Crippen LogP contribution in [-0.4, -0.2) is 16.1 Å². The Kier molecular flexibility index (Phi) is 4.96. The number of aromatic nitrogens is 1. The number of benzene rings is 2. The van der Waals surface area contributed by atoms with E-state index in [1.165, 1.54) is 12.1 Å². The summed E-state index contributed by atoms with van der Waals surface area (Å²) in [4.78, 5) is 15.1. The summed E-state index contributed by atoms with van der Waals surface area (Å²) in [5.41, 5.74) is 1.18. The molecule has 0 fully saturated rings. The minimum absolute atomic E-state index is 0. The Morgan fingerprint density at radius 2 is 1.91 bits per heavy atom. The van der Waals surface area contributed by atoms with Crippen molar-refractivity contribution in [2.24, 2.45) is 0 Å². The van der Waals surface area contributed by atoms with E-state index in [0.29, 0.717) is 12.4 Å². The Morgan fingerprint density at radius 3 is 2.73 bits per heavy atom. The van der Waals surface area contributed by atoms with Gasteiger partial charge in [-0.15, -0.1) is 12.4 Å². The summed E-state index contributed by atoms with van der Waals surface area (Å²) in [7, 11) is 0. The van der Waals surface area contributed by atoms with Gasteiger partial charge in [-0.05, 0) is 23.6 Å². The Balaban J connectivity index is 0.00000176. The summed E-state index contributed by atoms with van der Waals surface area (Å²) in [5, 5.41) is 11.1. The van der Waals surface area contributed by atoms with Gasteiger partial charge in [-0.25, -0.2) is 4.79 Å². The second-order valence-corrected chi connectivity index (χ2v) is 4.64. The molecule has 22 heavy (non-hydrogen) atoms. The van der Waals surface area contributed by atoms with Crippen LogP contribution in [0.4, 0.5) is 0 Å². The first kappa shape index (κ1) is 15.8. The number of carbonyl (C=O) groups is 1. The number of rotatable bonds is 4. The quantitative estimate of drug-likeness (QED) is 0.792. The molecular weight excluding hydrogens is 302 g/mol. The second kappa shape index (κ2) is 6.91. The Morgan fingerprint density at radius 1 is 1.09 bits per heavy atom. The maximum atomic E-state index is 10.9. The molecule has 0 amide bonds. The number of halogens is 1. The minimum atomic E-state index is -0.965. The number of hydrogen-bond acceptors (Lipinski definition) is 3. The molecule has 0 aliphatic rings. The van der Waals surface area contributed by atoms with Crippen LogP contribution in [0.2, 0.25) is 0 Å². The third-order valence-electron chi connectivity index (χ3n) is 3.23. The standard InChI is InChI=1S/C17H13NO3.ClH/c19-17(20)12-5-3-6-15(8-12)21-11-14-10-18-9-13-4-1-2-7-16(13)14;/h1-10H,11H2,(H,19,20);1H. The lowest BCUT2D eigenvalue weighted by molar-refractivity contribution is 0.0696. The Hall–Kier alpha value is -2.59. The van der Waals surface area contributed by atoms with E-state index in [-0.39, 0.29) is 18.0 Å². The van der Waals surface area contributed by atoms with E-state index in [2.05, 4.69) is 4.98 Å². The molecule has 0 aliphatic heterocycles. The third kappa shape index (κ3) is 3.35. The average Bonchev–Trinajstić information content (AvgIpc) is 2.53. The van der Waals surface area contributed by atoms with Gasteiger partial charge in [0, 0.05) is 23.3 Å². The molecule has 2 aromatic carbocycles. The normalized spacial score (nSPS) is 10.0. The van der Waals surface area contributed by atoms with Crippen LogP contribution < -0.4 is 4.74 Å². The molecule has 0 spiro atoms. The first-order valence-corrected chi connectivity index (χ1v) is 6.52. The predicted octanol–water partition coefficient (Wildman–Crippen LogP) is 3.93. The van der Waals surface area contributed by atoms with Gasteiger partial charge in [-0.1, -0.05) is 30.3 Å². The molecule has 3 aromatic rings. The van der Waals surface area contributed by atoms with Crippen molar-refractivity contribution in [2.45, 2.75) is 6.61 Å². The van der Waals surface area contributed by atoms with Gasteiger partial charge in [-0.3, -0.25) is 4.98 Å². The SMILES string of the molecule is Cl.O=C(O)c1cccc(OCc2cncc3ccccc23)c1. The van der Waals surface area contributed by atoms with Gasteiger partial charge in [0.2, 0.25) is 0 Å². The molecule has 0 radical (unpaired) electrons. The van der Waals surface area contributed by atoms with Crippen LogP contribution in [0, 0.1) is 0 Å². The number of nitrogens with zero attached hydrogens (tertiary/aromatic N) is 1. The van der Waals surface area contributed by atoms with Gasteiger partial charge in [0.05, 0.1) is 5.56 Å². The molecule has 4 nitrogen and oxygen atoms in total. The van der Waals surface area contributed by atoms with E-state index < -0.39 is 5.97 Å². The maximum absolute atomic E-state index is 10.9. The fourth-order valence-corrected chi connectivity index (χ4v) is 2.17. The summed E-state index contributed by atoms with van der Waals surface area (Å²) >= 11 is 0. The number of pyridine rings is 1. The molecule has 0 bridgehead atoms. The van der Waals surface area contributed by atoms with Gasteiger partial charge >= 0.3 is 5.97 Å². The largest absolute Gasteiger partial charge is 0.489 e. The molecule has 1 N–H and O–H groups in total. The van der Waals surface area contributed by atoms with Crippen LogP contribution in [-0.2, 0) is 6.61 Å². The molecule has 1 heterocycles. The lowest BCUT2D eigenvalue weighted by Gasteiger charge is -2.09. The van der Waals surface area contributed by atoms with E-state index in [4.69, 9.17) is 9.84 Å². The van der Waals surface area contributed by atoms with Crippen molar-refractivity contribution in [3.63, 3.8) is 0 Å². The highest BCUT2D eigenvalue weighted by molar-refractivity contribution is 5.88. The van der Waals surface area contributed by atoms with Crippen LogP contribution in [0.5, 0.6) is 5.75 Å². The maximum Gasteiger partial charge on any atom is 0.335 e. The van der Waals surface area contributed by atoms with E-state index in [1.807, 2.05) is 30.5 Å². The third-order valence-corrected chi connectivity index (χ3v) is 3.23. The number of carboxylic acids is 1. The smallest absolute Gasteiger partial charge is 0.335 e.